The van der Waals surface area contributed by atoms with Gasteiger partial charge in [-0.3, -0.25) is 0 Å². The Bertz CT molecular complexity index is 440. The van der Waals surface area contributed by atoms with Crippen LogP contribution < -0.4 is 0 Å². The summed E-state index contributed by atoms with van der Waals surface area (Å²) in [5.74, 6) is 0.365. The van der Waals surface area contributed by atoms with Crippen LogP contribution in [0.2, 0.25) is 0 Å². The lowest BCUT2D eigenvalue weighted by Crippen LogP contribution is -2.20. The second-order valence-corrected chi connectivity index (χ2v) is 8.57. The van der Waals surface area contributed by atoms with Gasteiger partial charge in [0.05, 0.1) is 118 Å². The third-order valence-corrected chi connectivity index (χ3v) is 5.08. The predicted molar refractivity (Wildman–Crippen MR) is 133 cm³/mol. The van der Waals surface area contributed by atoms with E-state index in [1.54, 1.807) is 7.11 Å². The maximum atomic E-state index is 10.0. The van der Waals surface area contributed by atoms with Crippen LogP contribution in [-0.2, 0) is 47.4 Å². The molecule has 1 N–H and O–H groups in total. The molecule has 11 heteroatoms. The van der Waals surface area contributed by atoms with Crippen LogP contribution in [0.3, 0.4) is 0 Å². The monoisotopic (exact) mass is 526 g/mol. The normalized spacial score (nSPS) is 16.9. The second-order valence-electron chi connectivity index (χ2n) is 8.57. The number of rotatable bonds is 30. The number of epoxide rings is 1. The molecule has 3 unspecified atom stereocenters. The van der Waals surface area contributed by atoms with Crippen molar-refractivity contribution >= 4 is 0 Å². The molecule has 36 heavy (non-hydrogen) atoms. The van der Waals surface area contributed by atoms with E-state index in [1.807, 2.05) is 0 Å². The Morgan fingerprint density at radius 2 is 1.03 bits per heavy atom. The summed E-state index contributed by atoms with van der Waals surface area (Å²) in [7, 11) is 1.65. The van der Waals surface area contributed by atoms with Gasteiger partial charge < -0.3 is 52.5 Å². The Kier molecular flexibility index (Phi) is 24.4. The quantitative estimate of drug-likeness (QED) is 0.106. The molecule has 0 radical (unpaired) electrons. The number of hydrogen-bond donors (Lipinski definition) is 1. The molecule has 11 nitrogen and oxygen atoms in total. The minimum atomic E-state index is -0.460. The smallest absolute Gasteiger partial charge is 0.104 e. The van der Waals surface area contributed by atoms with Crippen LogP contribution in [0.15, 0.2) is 0 Å². The zero-order chi connectivity index (χ0) is 25.9. The van der Waals surface area contributed by atoms with Gasteiger partial charge in [-0.15, -0.1) is 0 Å². The molecule has 0 aromatic heterocycles. The van der Waals surface area contributed by atoms with Gasteiger partial charge in [-0.2, -0.15) is 0 Å². The third-order valence-electron chi connectivity index (χ3n) is 5.08. The number of ether oxygens (including phenoxy) is 10. The summed E-state index contributed by atoms with van der Waals surface area (Å²) in [6.45, 7) is 12.1. The van der Waals surface area contributed by atoms with Crippen molar-refractivity contribution in [1.82, 2.24) is 0 Å². The molecule has 216 valence electrons. The Hall–Kier alpha value is -0.440. The summed E-state index contributed by atoms with van der Waals surface area (Å²) in [5, 5.41) is 10.0. The van der Waals surface area contributed by atoms with Gasteiger partial charge in [-0.05, 0) is 18.8 Å². The molecule has 0 aliphatic carbocycles. The predicted octanol–water partition coefficient (Wildman–Crippen LogP) is 0.942. The van der Waals surface area contributed by atoms with E-state index in [4.69, 9.17) is 47.4 Å². The summed E-state index contributed by atoms with van der Waals surface area (Å²) in [6.07, 6.45) is 1.39. The molecule has 0 amide bonds. The van der Waals surface area contributed by atoms with Crippen LogP contribution in [0.4, 0.5) is 0 Å². The van der Waals surface area contributed by atoms with Gasteiger partial charge in [0.15, 0.2) is 0 Å². The number of aliphatic hydroxyl groups excluding tert-OH is 1. The van der Waals surface area contributed by atoms with Gasteiger partial charge in [0.2, 0.25) is 0 Å². The Morgan fingerprint density at radius 3 is 1.50 bits per heavy atom. The highest BCUT2D eigenvalue weighted by Gasteiger charge is 2.22. The van der Waals surface area contributed by atoms with Crippen LogP contribution in [-0.4, -0.2) is 143 Å². The van der Waals surface area contributed by atoms with Crippen LogP contribution in [0, 0.1) is 5.92 Å². The average molecular weight is 527 g/mol. The Labute approximate surface area is 216 Å². The van der Waals surface area contributed by atoms with Crippen LogP contribution in [0.25, 0.3) is 0 Å². The Morgan fingerprint density at radius 1 is 0.611 bits per heavy atom. The molecule has 0 aromatic rings. The van der Waals surface area contributed by atoms with Gasteiger partial charge in [-0.1, -0.05) is 6.92 Å². The molecule has 1 heterocycles. The van der Waals surface area contributed by atoms with Crippen molar-refractivity contribution < 1.29 is 52.5 Å². The lowest BCUT2D eigenvalue weighted by molar-refractivity contribution is -0.0210. The van der Waals surface area contributed by atoms with E-state index in [9.17, 15) is 5.11 Å². The first-order valence-electron chi connectivity index (χ1n) is 13.1. The summed E-state index contributed by atoms with van der Waals surface area (Å²) in [6, 6.07) is 0. The molecular formula is C25H50O11. The third kappa shape index (κ3) is 25.2. The van der Waals surface area contributed by atoms with E-state index >= 15 is 0 Å². The molecule has 1 saturated heterocycles. The molecule has 1 aliphatic rings. The highest BCUT2D eigenvalue weighted by atomic mass is 16.6. The van der Waals surface area contributed by atoms with Crippen LogP contribution >= 0.6 is 0 Å². The standard InChI is InChI=1S/C25H50O11/c1-23(3-4-24(26)20-34-17-18-35-21-25-22-36-25)19-33-16-15-32-14-13-31-12-11-30-10-9-29-8-7-28-6-5-27-2/h23-26H,3-22H2,1-2H3. The van der Waals surface area contributed by atoms with E-state index in [0.717, 1.165) is 13.0 Å². The van der Waals surface area contributed by atoms with Crippen LogP contribution in [0.1, 0.15) is 19.8 Å². The maximum absolute atomic E-state index is 10.0. The van der Waals surface area contributed by atoms with E-state index in [2.05, 4.69) is 6.92 Å². The van der Waals surface area contributed by atoms with E-state index in [-0.39, 0.29) is 6.10 Å². The van der Waals surface area contributed by atoms with Crippen molar-refractivity contribution in [2.45, 2.75) is 32.0 Å². The van der Waals surface area contributed by atoms with Gasteiger partial charge in [0.25, 0.3) is 0 Å². The van der Waals surface area contributed by atoms with E-state index in [1.165, 1.54) is 0 Å². The van der Waals surface area contributed by atoms with Crippen molar-refractivity contribution in [3.8, 4) is 0 Å². The average Bonchev–Trinajstić information content (AvgIpc) is 3.70. The first-order chi connectivity index (χ1) is 17.7. The molecule has 3 atom stereocenters. The Balaban J connectivity index is 1.69. The van der Waals surface area contributed by atoms with Crippen molar-refractivity contribution in [2.24, 2.45) is 5.92 Å². The zero-order valence-corrected chi connectivity index (χ0v) is 22.4. The largest absolute Gasteiger partial charge is 0.391 e. The molecule has 0 bridgehead atoms. The maximum Gasteiger partial charge on any atom is 0.104 e. The SMILES string of the molecule is COCCOCCOCCOCCOCCOCCOCC(C)CCC(O)COCCOCC1CO1. The van der Waals surface area contributed by atoms with Gasteiger partial charge in [-0.25, -0.2) is 0 Å². The van der Waals surface area contributed by atoms with Gasteiger partial charge >= 0.3 is 0 Å². The second kappa shape index (κ2) is 26.2. The van der Waals surface area contributed by atoms with E-state index < -0.39 is 6.10 Å². The number of methoxy groups -OCH3 is 1. The van der Waals surface area contributed by atoms with E-state index in [0.29, 0.717) is 125 Å². The van der Waals surface area contributed by atoms with Crippen molar-refractivity contribution in [2.75, 3.05) is 126 Å². The number of hydrogen-bond acceptors (Lipinski definition) is 11. The first kappa shape index (κ1) is 33.6. The molecule has 1 fully saturated rings. The fourth-order valence-electron chi connectivity index (χ4n) is 2.89. The van der Waals surface area contributed by atoms with Crippen LogP contribution in [0.5, 0.6) is 0 Å². The topological polar surface area (TPSA) is 116 Å². The van der Waals surface area contributed by atoms with Crippen molar-refractivity contribution in [3.05, 3.63) is 0 Å². The first-order valence-corrected chi connectivity index (χ1v) is 13.1. The molecule has 1 rings (SSSR count). The highest BCUT2D eigenvalue weighted by Crippen LogP contribution is 2.10. The molecule has 1 aliphatic heterocycles. The van der Waals surface area contributed by atoms with Crippen molar-refractivity contribution in [1.29, 1.82) is 0 Å². The summed E-state index contributed by atoms with van der Waals surface area (Å²) >= 11 is 0. The molecule has 0 spiro atoms. The molecule has 0 aromatic carbocycles. The fraction of sp³-hybridized carbons (Fsp3) is 1.00. The number of aliphatic hydroxyl groups is 1. The summed E-state index contributed by atoms with van der Waals surface area (Å²) in [5.41, 5.74) is 0. The zero-order valence-electron chi connectivity index (χ0n) is 22.4. The van der Waals surface area contributed by atoms with Crippen molar-refractivity contribution in [3.63, 3.8) is 0 Å². The lowest BCUT2D eigenvalue weighted by atomic mass is 10.0. The highest BCUT2D eigenvalue weighted by molar-refractivity contribution is 4.67. The van der Waals surface area contributed by atoms with Gasteiger partial charge in [0.1, 0.15) is 6.10 Å². The lowest BCUT2D eigenvalue weighted by Gasteiger charge is -2.15. The van der Waals surface area contributed by atoms with Gasteiger partial charge in [0, 0.05) is 13.7 Å². The minimum absolute atomic E-state index is 0.274. The molecule has 0 saturated carbocycles. The summed E-state index contributed by atoms with van der Waals surface area (Å²) < 4.78 is 53.5. The molecular weight excluding hydrogens is 476 g/mol. The summed E-state index contributed by atoms with van der Waals surface area (Å²) in [4.78, 5) is 0. The fourth-order valence-corrected chi connectivity index (χ4v) is 2.89. The minimum Gasteiger partial charge on any atom is -0.391 e.